The zero-order chi connectivity index (χ0) is 8.39. The minimum atomic E-state index is 0.875. The fraction of sp³-hybridized carbons (Fsp3) is 1.00. The molecule has 2 unspecified atom stereocenters. The maximum Gasteiger partial charge on any atom is 0.00962 e. The van der Waals surface area contributed by atoms with Gasteiger partial charge in [-0.15, -0.1) is 0 Å². The van der Waals surface area contributed by atoms with E-state index < -0.39 is 0 Å². The van der Waals surface area contributed by atoms with Gasteiger partial charge in [-0.2, -0.15) is 11.8 Å². The van der Waals surface area contributed by atoms with E-state index in [2.05, 4.69) is 24.1 Å². The molecule has 1 nitrogen and oxygen atoms in total. The lowest BCUT2D eigenvalue weighted by Crippen LogP contribution is -2.15. The standard InChI is InChI=1S/C10H19NS/c1-11-10-7-9(10)6-8-2-4-12-5-3-8/h8-11H,2-7H2,1H3. The Hall–Kier alpha value is 0.310. The van der Waals surface area contributed by atoms with Gasteiger partial charge in [-0.05, 0) is 56.1 Å². The Kier molecular flexibility index (Phi) is 2.97. The summed E-state index contributed by atoms with van der Waals surface area (Å²) in [4.78, 5) is 0. The maximum absolute atomic E-state index is 3.37. The van der Waals surface area contributed by atoms with Gasteiger partial charge in [0.1, 0.15) is 0 Å². The summed E-state index contributed by atoms with van der Waals surface area (Å²) in [5.41, 5.74) is 0. The highest BCUT2D eigenvalue weighted by Crippen LogP contribution is 2.39. The van der Waals surface area contributed by atoms with Crippen molar-refractivity contribution in [2.75, 3.05) is 18.6 Å². The Balaban J connectivity index is 1.66. The molecular weight excluding hydrogens is 166 g/mol. The smallest absolute Gasteiger partial charge is 0.00962 e. The predicted octanol–water partition coefficient (Wildman–Crippen LogP) is 2.13. The average molecular weight is 185 g/mol. The Morgan fingerprint density at radius 1 is 1.33 bits per heavy atom. The molecule has 0 amide bonds. The monoisotopic (exact) mass is 185 g/mol. The first-order valence-corrected chi connectivity index (χ1v) is 6.30. The van der Waals surface area contributed by atoms with Crippen LogP contribution in [0.1, 0.15) is 25.7 Å². The second-order valence-electron chi connectivity index (χ2n) is 4.18. The van der Waals surface area contributed by atoms with E-state index in [4.69, 9.17) is 0 Å². The van der Waals surface area contributed by atoms with Crippen molar-refractivity contribution in [1.29, 1.82) is 0 Å². The van der Waals surface area contributed by atoms with Crippen LogP contribution in [0.15, 0.2) is 0 Å². The summed E-state index contributed by atoms with van der Waals surface area (Å²) in [6, 6.07) is 0.875. The first-order chi connectivity index (χ1) is 5.90. The predicted molar refractivity (Wildman–Crippen MR) is 55.6 cm³/mol. The molecule has 2 aliphatic rings. The van der Waals surface area contributed by atoms with Gasteiger partial charge in [0.2, 0.25) is 0 Å². The van der Waals surface area contributed by atoms with Crippen LogP contribution in [0.25, 0.3) is 0 Å². The lowest BCUT2D eigenvalue weighted by molar-refractivity contribution is 0.419. The Bertz CT molecular complexity index is 143. The summed E-state index contributed by atoms with van der Waals surface area (Å²) in [5.74, 6) is 4.93. The second-order valence-corrected chi connectivity index (χ2v) is 5.41. The molecule has 1 aliphatic heterocycles. The van der Waals surface area contributed by atoms with Crippen molar-refractivity contribution in [2.45, 2.75) is 31.7 Å². The van der Waals surface area contributed by atoms with Crippen molar-refractivity contribution in [2.24, 2.45) is 11.8 Å². The van der Waals surface area contributed by atoms with Gasteiger partial charge in [0, 0.05) is 6.04 Å². The van der Waals surface area contributed by atoms with Crippen molar-refractivity contribution < 1.29 is 0 Å². The van der Waals surface area contributed by atoms with Gasteiger partial charge in [0.15, 0.2) is 0 Å². The molecule has 12 heavy (non-hydrogen) atoms. The molecule has 0 spiro atoms. The number of hydrogen-bond acceptors (Lipinski definition) is 2. The van der Waals surface area contributed by atoms with Gasteiger partial charge in [0.05, 0.1) is 0 Å². The first-order valence-electron chi connectivity index (χ1n) is 5.15. The van der Waals surface area contributed by atoms with Crippen LogP contribution in [0.5, 0.6) is 0 Å². The van der Waals surface area contributed by atoms with Crippen molar-refractivity contribution in [3.8, 4) is 0 Å². The van der Waals surface area contributed by atoms with Gasteiger partial charge in [-0.25, -0.2) is 0 Å². The van der Waals surface area contributed by atoms with E-state index in [1.807, 2.05) is 0 Å². The first kappa shape index (κ1) is 8.89. The summed E-state index contributed by atoms with van der Waals surface area (Å²) in [7, 11) is 2.10. The molecule has 1 heterocycles. The van der Waals surface area contributed by atoms with Crippen LogP contribution in [0.2, 0.25) is 0 Å². The SMILES string of the molecule is CNC1CC1CC1CCSCC1. The molecule has 1 saturated heterocycles. The van der Waals surface area contributed by atoms with Gasteiger partial charge < -0.3 is 5.32 Å². The van der Waals surface area contributed by atoms with Crippen molar-refractivity contribution >= 4 is 11.8 Å². The summed E-state index contributed by atoms with van der Waals surface area (Å²) >= 11 is 2.14. The molecule has 2 heteroatoms. The highest BCUT2D eigenvalue weighted by atomic mass is 32.2. The Morgan fingerprint density at radius 3 is 2.67 bits per heavy atom. The summed E-state index contributed by atoms with van der Waals surface area (Å²) < 4.78 is 0. The van der Waals surface area contributed by atoms with Crippen LogP contribution < -0.4 is 5.32 Å². The van der Waals surface area contributed by atoms with E-state index in [0.29, 0.717) is 0 Å². The molecular formula is C10H19NS. The average Bonchev–Trinajstić information content (AvgIpc) is 2.85. The molecule has 1 N–H and O–H groups in total. The fourth-order valence-electron chi connectivity index (χ4n) is 2.27. The molecule has 2 atom stereocenters. The lowest BCUT2D eigenvalue weighted by atomic mass is 9.96. The van der Waals surface area contributed by atoms with Gasteiger partial charge in [-0.1, -0.05) is 0 Å². The minimum absolute atomic E-state index is 0.875. The minimum Gasteiger partial charge on any atom is -0.317 e. The van der Waals surface area contributed by atoms with Crippen LogP contribution in [0.4, 0.5) is 0 Å². The second kappa shape index (κ2) is 4.01. The molecule has 1 aliphatic carbocycles. The lowest BCUT2D eigenvalue weighted by Gasteiger charge is -2.20. The molecule has 0 aromatic carbocycles. The topological polar surface area (TPSA) is 12.0 Å². The number of thioether (sulfide) groups is 1. The molecule has 2 rings (SSSR count). The van der Waals surface area contributed by atoms with Crippen LogP contribution in [0, 0.1) is 11.8 Å². The fourth-order valence-corrected chi connectivity index (χ4v) is 3.48. The molecule has 70 valence electrons. The molecule has 2 fully saturated rings. The molecule has 0 aromatic heterocycles. The van der Waals surface area contributed by atoms with E-state index in [1.54, 1.807) is 0 Å². The van der Waals surface area contributed by atoms with Crippen molar-refractivity contribution in [3.63, 3.8) is 0 Å². The highest BCUT2D eigenvalue weighted by molar-refractivity contribution is 7.99. The highest BCUT2D eigenvalue weighted by Gasteiger charge is 2.37. The molecule has 0 bridgehead atoms. The van der Waals surface area contributed by atoms with E-state index in [0.717, 1.165) is 17.9 Å². The van der Waals surface area contributed by atoms with E-state index >= 15 is 0 Å². The molecule has 0 radical (unpaired) electrons. The number of hydrogen-bond donors (Lipinski definition) is 1. The maximum atomic E-state index is 3.37. The third-order valence-corrected chi connectivity index (χ3v) is 4.32. The number of nitrogens with one attached hydrogen (secondary N) is 1. The zero-order valence-electron chi connectivity index (χ0n) is 7.88. The van der Waals surface area contributed by atoms with E-state index in [9.17, 15) is 0 Å². The third kappa shape index (κ3) is 2.17. The number of rotatable bonds is 3. The van der Waals surface area contributed by atoms with Crippen molar-refractivity contribution in [1.82, 2.24) is 5.32 Å². The van der Waals surface area contributed by atoms with Crippen LogP contribution in [-0.4, -0.2) is 24.6 Å². The Labute approximate surface area is 79.7 Å². The largest absolute Gasteiger partial charge is 0.317 e. The van der Waals surface area contributed by atoms with Gasteiger partial charge in [-0.3, -0.25) is 0 Å². The Morgan fingerprint density at radius 2 is 2.08 bits per heavy atom. The summed E-state index contributed by atoms with van der Waals surface area (Å²) in [6.07, 6.45) is 5.92. The zero-order valence-corrected chi connectivity index (χ0v) is 8.70. The quantitative estimate of drug-likeness (QED) is 0.723. The molecule has 0 aromatic rings. The third-order valence-electron chi connectivity index (χ3n) is 3.27. The van der Waals surface area contributed by atoms with E-state index in [1.165, 1.54) is 37.2 Å². The van der Waals surface area contributed by atoms with Gasteiger partial charge >= 0.3 is 0 Å². The van der Waals surface area contributed by atoms with Crippen molar-refractivity contribution in [3.05, 3.63) is 0 Å². The normalized spacial score (nSPS) is 36.8. The van der Waals surface area contributed by atoms with Crippen LogP contribution in [0.3, 0.4) is 0 Å². The van der Waals surface area contributed by atoms with Crippen LogP contribution in [-0.2, 0) is 0 Å². The summed E-state index contributed by atoms with van der Waals surface area (Å²) in [5, 5.41) is 3.37. The summed E-state index contributed by atoms with van der Waals surface area (Å²) in [6.45, 7) is 0. The van der Waals surface area contributed by atoms with E-state index in [-0.39, 0.29) is 0 Å². The van der Waals surface area contributed by atoms with Gasteiger partial charge in [0.25, 0.3) is 0 Å². The van der Waals surface area contributed by atoms with Crippen LogP contribution >= 0.6 is 11.8 Å². The molecule has 1 saturated carbocycles.